The number of carbonyl (C=O) groups is 2. The van der Waals surface area contributed by atoms with Crippen molar-refractivity contribution < 1.29 is 9.59 Å². The summed E-state index contributed by atoms with van der Waals surface area (Å²) in [6, 6.07) is 3.78. The smallest absolute Gasteiger partial charge is 0.265 e. The summed E-state index contributed by atoms with van der Waals surface area (Å²) in [6.07, 6.45) is 1.83. The lowest BCUT2D eigenvalue weighted by Crippen LogP contribution is -2.41. The number of piperidine rings is 1. The highest BCUT2D eigenvalue weighted by Crippen LogP contribution is 2.35. The molecule has 0 unspecified atom stereocenters. The van der Waals surface area contributed by atoms with Gasteiger partial charge in [0, 0.05) is 26.6 Å². The van der Waals surface area contributed by atoms with Crippen LogP contribution in [0.25, 0.3) is 9.88 Å². The molecular formula is C17H20ClN3O2S2. The lowest BCUT2D eigenvalue weighted by Gasteiger charge is -2.31. The Hall–Kier alpha value is -1.44. The monoisotopic (exact) mass is 397 g/mol. The first-order valence-electron chi connectivity index (χ1n) is 8.21. The Morgan fingerprint density at radius 3 is 2.64 bits per heavy atom. The van der Waals surface area contributed by atoms with E-state index in [4.69, 9.17) is 11.6 Å². The fourth-order valence-corrected chi connectivity index (χ4v) is 5.03. The molecule has 3 rings (SSSR count). The molecule has 134 valence electrons. The predicted molar refractivity (Wildman–Crippen MR) is 102 cm³/mol. The molecule has 0 aliphatic carbocycles. The summed E-state index contributed by atoms with van der Waals surface area (Å²) in [4.78, 5) is 32.0. The molecule has 2 aromatic rings. The molecule has 1 aliphatic rings. The van der Waals surface area contributed by atoms with Crippen LogP contribution >= 0.6 is 34.3 Å². The third-order valence-electron chi connectivity index (χ3n) is 4.32. The lowest BCUT2D eigenvalue weighted by atomic mass is 9.96. The number of thiazole rings is 1. The van der Waals surface area contributed by atoms with Crippen LogP contribution in [0.5, 0.6) is 0 Å². The van der Waals surface area contributed by atoms with Gasteiger partial charge in [0.1, 0.15) is 9.88 Å². The van der Waals surface area contributed by atoms with Gasteiger partial charge in [-0.2, -0.15) is 0 Å². The summed E-state index contributed by atoms with van der Waals surface area (Å²) in [5.41, 5.74) is 0.773. The van der Waals surface area contributed by atoms with Crippen molar-refractivity contribution in [3.05, 3.63) is 27.0 Å². The van der Waals surface area contributed by atoms with E-state index in [-0.39, 0.29) is 11.8 Å². The predicted octanol–water partition coefficient (Wildman–Crippen LogP) is 3.82. The number of nitrogens with one attached hydrogen (secondary N) is 1. The molecule has 1 fully saturated rings. The standard InChI is InChI=1S/C17H20ClN3O2S2/c1-10-15(25-16(20-10)13-3-4-14(18)24-13)17(23)21-7-5-12(6-8-21)9-19-11(2)22/h3-4,12H,5-9H2,1-2H3,(H,19,22). The van der Waals surface area contributed by atoms with Gasteiger partial charge in [-0.1, -0.05) is 11.6 Å². The molecule has 0 bridgehead atoms. The van der Waals surface area contributed by atoms with Crippen molar-refractivity contribution in [1.29, 1.82) is 0 Å². The number of carbonyl (C=O) groups excluding carboxylic acids is 2. The van der Waals surface area contributed by atoms with Crippen molar-refractivity contribution in [1.82, 2.24) is 15.2 Å². The van der Waals surface area contributed by atoms with Gasteiger partial charge in [0.25, 0.3) is 5.91 Å². The van der Waals surface area contributed by atoms with Crippen LogP contribution in [0.2, 0.25) is 4.34 Å². The van der Waals surface area contributed by atoms with Crippen LogP contribution in [0, 0.1) is 12.8 Å². The highest BCUT2D eigenvalue weighted by molar-refractivity contribution is 7.24. The van der Waals surface area contributed by atoms with Crippen molar-refractivity contribution in [2.24, 2.45) is 5.92 Å². The number of likely N-dealkylation sites (tertiary alicyclic amines) is 1. The van der Waals surface area contributed by atoms with Gasteiger partial charge in [-0.05, 0) is 37.8 Å². The summed E-state index contributed by atoms with van der Waals surface area (Å²) in [5.74, 6) is 0.501. The van der Waals surface area contributed by atoms with Gasteiger partial charge in [-0.15, -0.1) is 22.7 Å². The topological polar surface area (TPSA) is 62.3 Å². The largest absolute Gasteiger partial charge is 0.356 e. The van der Waals surface area contributed by atoms with Crippen LogP contribution in [0.15, 0.2) is 12.1 Å². The molecule has 1 aliphatic heterocycles. The third-order valence-corrected chi connectivity index (χ3v) is 6.86. The number of hydrogen-bond donors (Lipinski definition) is 1. The number of nitrogens with zero attached hydrogens (tertiary/aromatic N) is 2. The Bertz CT molecular complexity index is 779. The van der Waals surface area contributed by atoms with Gasteiger partial charge in [0.15, 0.2) is 0 Å². The maximum atomic E-state index is 12.8. The minimum absolute atomic E-state index is 0.000000540. The number of hydrogen-bond acceptors (Lipinski definition) is 5. The Kier molecular flexibility index (Phi) is 5.76. The molecule has 2 amide bonds. The second-order valence-corrected chi connectivity index (χ2v) is 8.92. The van der Waals surface area contributed by atoms with Gasteiger partial charge in [0.2, 0.25) is 5.91 Å². The summed E-state index contributed by atoms with van der Waals surface area (Å²) in [7, 11) is 0. The molecule has 0 spiro atoms. The van der Waals surface area contributed by atoms with Crippen molar-refractivity contribution >= 4 is 46.1 Å². The average molecular weight is 398 g/mol. The zero-order valence-electron chi connectivity index (χ0n) is 14.2. The van der Waals surface area contributed by atoms with E-state index in [1.54, 1.807) is 0 Å². The van der Waals surface area contributed by atoms with E-state index in [0.29, 0.717) is 17.3 Å². The number of rotatable bonds is 4. The maximum absolute atomic E-state index is 12.8. The highest BCUT2D eigenvalue weighted by atomic mass is 35.5. The molecule has 1 N–H and O–H groups in total. The zero-order chi connectivity index (χ0) is 18.0. The molecule has 8 heteroatoms. The zero-order valence-corrected chi connectivity index (χ0v) is 16.6. The van der Waals surface area contributed by atoms with Crippen LogP contribution in [0.3, 0.4) is 0 Å². The first-order chi connectivity index (χ1) is 11.9. The van der Waals surface area contributed by atoms with Crippen LogP contribution in [0.1, 0.15) is 35.1 Å². The second kappa shape index (κ2) is 7.85. The Morgan fingerprint density at radius 1 is 1.32 bits per heavy atom. The van der Waals surface area contributed by atoms with Gasteiger partial charge < -0.3 is 10.2 Å². The van der Waals surface area contributed by atoms with Crippen LogP contribution < -0.4 is 5.32 Å². The molecule has 0 atom stereocenters. The molecule has 0 radical (unpaired) electrons. The molecule has 0 saturated carbocycles. The lowest BCUT2D eigenvalue weighted by molar-refractivity contribution is -0.119. The van der Waals surface area contributed by atoms with Crippen LogP contribution in [-0.4, -0.2) is 41.3 Å². The summed E-state index contributed by atoms with van der Waals surface area (Å²) in [6.45, 7) is 5.55. The normalized spacial score (nSPS) is 15.4. The summed E-state index contributed by atoms with van der Waals surface area (Å²) >= 11 is 8.90. The highest BCUT2D eigenvalue weighted by Gasteiger charge is 2.26. The molecule has 3 heterocycles. The van der Waals surface area contributed by atoms with Gasteiger partial charge in [0.05, 0.1) is 14.9 Å². The number of amides is 2. The van der Waals surface area contributed by atoms with E-state index in [0.717, 1.165) is 45.8 Å². The number of thiophene rings is 1. The van der Waals surface area contributed by atoms with Gasteiger partial charge in [-0.25, -0.2) is 4.98 Å². The molecule has 5 nitrogen and oxygen atoms in total. The first-order valence-corrected chi connectivity index (χ1v) is 10.2. The second-order valence-electron chi connectivity index (χ2n) is 6.21. The first kappa shape index (κ1) is 18.4. The Morgan fingerprint density at radius 2 is 2.04 bits per heavy atom. The van der Waals surface area contributed by atoms with E-state index in [9.17, 15) is 9.59 Å². The number of halogens is 1. The molecule has 2 aromatic heterocycles. The van der Waals surface area contributed by atoms with Crippen molar-refractivity contribution in [2.45, 2.75) is 26.7 Å². The molecular weight excluding hydrogens is 378 g/mol. The van der Waals surface area contributed by atoms with Crippen molar-refractivity contribution in [3.8, 4) is 9.88 Å². The Balaban J connectivity index is 1.64. The minimum Gasteiger partial charge on any atom is -0.356 e. The van der Waals surface area contributed by atoms with Crippen LogP contribution in [0.4, 0.5) is 0 Å². The minimum atomic E-state index is 0.000000540. The SMILES string of the molecule is CC(=O)NCC1CCN(C(=O)c2sc(-c3ccc(Cl)s3)nc2C)CC1. The third kappa shape index (κ3) is 4.40. The van der Waals surface area contributed by atoms with E-state index in [2.05, 4.69) is 10.3 Å². The van der Waals surface area contributed by atoms with Crippen LogP contribution in [-0.2, 0) is 4.79 Å². The fourth-order valence-electron chi connectivity index (χ4n) is 2.90. The van der Waals surface area contributed by atoms with Gasteiger partial charge >= 0.3 is 0 Å². The van der Waals surface area contributed by atoms with E-state index in [1.807, 2.05) is 24.0 Å². The molecule has 1 saturated heterocycles. The summed E-state index contributed by atoms with van der Waals surface area (Å²) in [5, 5.41) is 3.71. The number of aryl methyl sites for hydroxylation is 1. The van der Waals surface area contributed by atoms with Gasteiger partial charge in [-0.3, -0.25) is 9.59 Å². The average Bonchev–Trinajstić information content (AvgIpc) is 3.18. The quantitative estimate of drug-likeness (QED) is 0.852. The van der Waals surface area contributed by atoms with E-state index < -0.39 is 0 Å². The molecule has 25 heavy (non-hydrogen) atoms. The fraction of sp³-hybridized carbons (Fsp3) is 0.471. The van der Waals surface area contributed by atoms with E-state index >= 15 is 0 Å². The molecule has 0 aromatic carbocycles. The van der Waals surface area contributed by atoms with E-state index in [1.165, 1.54) is 29.6 Å². The number of aromatic nitrogens is 1. The maximum Gasteiger partial charge on any atom is 0.265 e. The summed E-state index contributed by atoms with van der Waals surface area (Å²) < 4.78 is 0.719. The van der Waals surface area contributed by atoms with Crippen molar-refractivity contribution in [3.63, 3.8) is 0 Å². The van der Waals surface area contributed by atoms with Crippen molar-refractivity contribution in [2.75, 3.05) is 19.6 Å². The Labute approximate surface area is 160 Å².